The van der Waals surface area contributed by atoms with Crippen LogP contribution in [0.3, 0.4) is 0 Å². The van der Waals surface area contributed by atoms with Crippen LogP contribution in [0.25, 0.3) is 27.6 Å². The maximum Gasteiger partial charge on any atom is 0.321 e. The third-order valence-corrected chi connectivity index (χ3v) is 5.50. The number of aromatic amines is 1. The van der Waals surface area contributed by atoms with Crippen LogP contribution in [-0.4, -0.2) is 29.9 Å². The fourth-order valence-corrected chi connectivity index (χ4v) is 4.00. The highest BCUT2D eigenvalue weighted by molar-refractivity contribution is 8.00. The highest BCUT2D eigenvalue weighted by atomic mass is 32.2. The normalized spacial score (nSPS) is 13.6. The Kier molecular flexibility index (Phi) is 4.94. The van der Waals surface area contributed by atoms with Gasteiger partial charge >= 0.3 is 6.55 Å². The van der Waals surface area contributed by atoms with Gasteiger partial charge in [0.05, 0.1) is 27.3 Å². The summed E-state index contributed by atoms with van der Waals surface area (Å²) >= 11 is 0.949. The summed E-state index contributed by atoms with van der Waals surface area (Å²) < 4.78 is 28.1. The zero-order chi connectivity index (χ0) is 20.5. The third-order valence-electron chi connectivity index (χ3n) is 4.42. The molecule has 0 aliphatic heterocycles. The molecule has 0 radical (unpaired) electrons. The molecule has 0 amide bonds. The van der Waals surface area contributed by atoms with Crippen molar-refractivity contribution in [3.63, 3.8) is 0 Å². The van der Waals surface area contributed by atoms with Gasteiger partial charge in [-0.1, -0.05) is 36.0 Å². The minimum Gasteiger partial charge on any atom is -0.510 e. The molecule has 2 N–H and O–H groups in total. The number of halogens is 2. The summed E-state index contributed by atoms with van der Waals surface area (Å²) in [5, 5.41) is 19.6. The number of nitrogens with one attached hydrogen (secondary N) is 1. The first-order valence-corrected chi connectivity index (χ1v) is 9.57. The molecule has 2 aromatic carbocycles. The lowest BCUT2D eigenvalue weighted by Crippen LogP contribution is -2.08. The molecule has 2 aromatic heterocycles. The fourth-order valence-electron chi connectivity index (χ4n) is 3.01. The lowest BCUT2D eigenvalue weighted by atomic mass is 10.2. The van der Waals surface area contributed by atoms with Crippen molar-refractivity contribution >= 4 is 39.4 Å². The van der Waals surface area contributed by atoms with Crippen molar-refractivity contribution < 1.29 is 13.9 Å². The number of fused-ring (bicyclic) bond motifs is 2. The van der Waals surface area contributed by atoms with E-state index in [-0.39, 0.29) is 22.3 Å². The Balaban J connectivity index is 1.72. The van der Waals surface area contributed by atoms with Gasteiger partial charge in [0, 0.05) is 0 Å². The van der Waals surface area contributed by atoms with E-state index in [2.05, 4.69) is 15.0 Å². The van der Waals surface area contributed by atoms with Crippen molar-refractivity contribution in [3.8, 4) is 6.07 Å². The molecule has 0 aliphatic carbocycles. The van der Waals surface area contributed by atoms with E-state index in [9.17, 15) is 19.1 Å². The molecule has 0 saturated carbocycles. The Morgan fingerprint density at radius 2 is 1.83 bits per heavy atom. The van der Waals surface area contributed by atoms with Crippen molar-refractivity contribution in [2.45, 2.75) is 23.9 Å². The van der Waals surface area contributed by atoms with E-state index < -0.39 is 11.8 Å². The van der Waals surface area contributed by atoms with Crippen LogP contribution in [0.4, 0.5) is 8.78 Å². The van der Waals surface area contributed by atoms with Gasteiger partial charge in [-0.05, 0) is 31.2 Å². The van der Waals surface area contributed by atoms with Crippen LogP contribution in [0.2, 0.25) is 0 Å². The molecule has 6 nitrogen and oxygen atoms in total. The average Bonchev–Trinajstić information content (AvgIpc) is 3.29. The second-order valence-corrected chi connectivity index (χ2v) is 7.57. The third kappa shape index (κ3) is 3.43. The molecule has 4 aromatic rings. The van der Waals surface area contributed by atoms with E-state index in [0.29, 0.717) is 16.6 Å². The quantitative estimate of drug-likeness (QED) is 0.265. The molecule has 0 unspecified atom stereocenters. The van der Waals surface area contributed by atoms with E-state index in [1.54, 1.807) is 43.3 Å². The summed E-state index contributed by atoms with van der Waals surface area (Å²) in [5.41, 5.74) is 2.08. The number of aromatic nitrogens is 4. The Morgan fingerprint density at radius 1 is 1.14 bits per heavy atom. The largest absolute Gasteiger partial charge is 0.510 e. The molecule has 1 atom stereocenters. The second kappa shape index (κ2) is 7.56. The van der Waals surface area contributed by atoms with Gasteiger partial charge in [-0.15, -0.1) is 0 Å². The number of nitrogens with zero attached hydrogens (tertiary/aromatic N) is 4. The van der Waals surface area contributed by atoms with Crippen LogP contribution in [0.15, 0.2) is 59.4 Å². The summed E-state index contributed by atoms with van der Waals surface area (Å²) in [4.78, 5) is 11.6. The minimum absolute atomic E-state index is 0.0408. The van der Waals surface area contributed by atoms with Crippen molar-refractivity contribution in [1.29, 1.82) is 5.26 Å². The second-order valence-electron chi connectivity index (χ2n) is 6.27. The molecule has 0 bridgehead atoms. The molecular formula is C20H15F2N5OS. The first-order valence-electron chi connectivity index (χ1n) is 8.69. The maximum absolute atomic E-state index is 13.6. The molecule has 0 saturated heterocycles. The number of imidazole rings is 2. The molecule has 2 heterocycles. The zero-order valence-electron chi connectivity index (χ0n) is 15.2. The zero-order valence-corrected chi connectivity index (χ0v) is 16.0. The van der Waals surface area contributed by atoms with Crippen molar-refractivity contribution in [2.24, 2.45) is 0 Å². The van der Waals surface area contributed by atoms with Crippen molar-refractivity contribution in [1.82, 2.24) is 19.5 Å². The number of H-pyrrole nitrogens is 1. The van der Waals surface area contributed by atoms with Gasteiger partial charge in [0.1, 0.15) is 17.4 Å². The number of thioether (sulfide) groups is 1. The SMILES string of the molecule is C[C@H](Sc1nc2ccccc2n1C(F)F)C(O)=C(C#N)c1nc2ccccc2[nH]1. The molecule has 146 valence electrons. The van der Waals surface area contributed by atoms with Gasteiger partial charge in [-0.25, -0.2) is 9.97 Å². The Morgan fingerprint density at radius 3 is 2.52 bits per heavy atom. The van der Waals surface area contributed by atoms with Crippen LogP contribution >= 0.6 is 11.8 Å². The van der Waals surface area contributed by atoms with Crippen LogP contribution in [0, 0.1) is 11.3 Å². The Bertz CT molecular complexity index is 1240. The van der Waals surface area contributed by atoms with Gasteiger partial charge in [-0.2, -0.15) is 14.0 Å². The predicted octanol–water partition coefficient (Wildman–Crippen LogP) is 5.28. The highest BCUT2D eigenvalue weighted by Gasteiger charge is 2.24. The van der Waals surface area contributed by atoms with E-state index in [1.165, 1.54) is 0 Å². The number of alkyl halides is 2. The molecule has 0 fully saturated rings. The summed E-state index contributed by atoms with van der Waals surface area (Å²) in [7, 11) is 0. The lowest BCUT2D eigenvalue weighted by Gasteiger charge is -2.13. The number of rotatable bonds is 5. The fraction of sp³-hybridized carbons (Fsp3) is 0.150. The van der Waals surface area contributed by atoms with Gasteiger partial charge in [0.2, 0.25) is 0 Å². The first-order chi connectivity index (χ1) is 14.0. The van der Waals surface area contributed by atoms with Crippen molar-refractivity contribution in [2.75, 3.05) is 0 Å². The predicted molar refractivity (Wildman–Crippen MR) is 108 cm³/mol. The molecule has 0 aliphatic rings. The summed E-state index contributed by atoms with van der Waals surface area (Å²) in [5.74, 6) is -0.0366. The number of hydrogen-bond donors (Lipinski definition) is 2. The van der Waals surface area contributed by atoms with Gasteiger partial charge in [-0.3, -0.25) is 4.57 Å². The number of aliphatic hydroxyl groups is 1. The number of para-hydroxylation sites is 4. The minimum atomic E-state index is -2.78. The van der Waals surface area contributed by atoms with E-state index >= 15 is 0 Å². The van der Waals surface area contributed by atoms with E-state index in [1.807, 2.05) is 18.2 Å². The molecule has 29 heavy (non-hydrogen) atoms. The standard InChI is InChI=1S/C20H15F2N5OS/c1-11(29-20-26-15-8-4-5-9-16(15)27(20)19(21)22)17(28)12(10-23)18-24-13-6-2-3-7-14(13)25-18/h2-9,11,19,28H,1H3,(H,24,25)/t11-/m0/s1. The summed E-state index contributed by atoms with van der Waals surface area (Å²) in [6, 6.07) is 15.8. The lowest BCUT2D eigenvalue weighted by molar-refractivity contribution is 0.0656. The van der Waals surface area contributed by atoms with E-state index in [4.69, 9.17) is 0 Å². The van der Waals surface area contributed by atoms with Crippen LogP contribution in [0.5, 0.6) is 0 Å². The smallest absolute Gasteiger partial charge is 0.321 e. The number of benzene rings is 2. The summed E-state index contributed by atoms with van der Waals surface area (Å²) in [6.45, 7) is -1.16. The maximum atomic E-state index is 13.6. The number of allylic oxidation sites excluding steroid dienone is 1. The summed E-state index contributed by atoms with van der Waals surface area (Å²) in [6.07, 6.45) is 0. The molecular weight excluding hydrogens is 396 g/mol. The number of hydrogen-bond acceptors (Lipinski definition) is 5. The highest BCUT2D eigenvalue weighted by Crippen LogP contribution is 2.34. The van der Waals surface area contributed by atoms with Gasteiger partial charge in [0.25, 0.3) is 0 Å². The first kappa shape index (κ1) is 19.0. The van der Waals surface area contributed by atoms with Crippen LogP contribution < -0.4 is 0 Å². The molecule has 0 spiro atoms. The topological polar surface area (TPSA) is 90.5 Å². The van der Waals surface area contributed by atoms with Crippen molar-refractivity contribution in [3.05, 3.63) is 60.1 Å². The monoisotopic (exact) mass is 411 g/mol. The van der Waals surface area contributed by atoms with Crippen LogP contribution in [-0.2, 0) is 0 Å². The number of nitriles is 1. The Labute approximate surface area is 168 Å². The van der Waals surface area contributed by atoms with E-state index in [0.717, 1.165) is 21.8 Å². The van der Waals surface area contributed by atoms with Crippen LogP contribution in [0.1, 0.15) is 19.3 Å². The average molecular weight is 411 g/mol. The Hall–Kier alpha value is -3.38. The molecule has 4 rings (SSSR count). The molecule has 9 heteroatoms. The van der Waals surface area contributed by atoms with Gasteiger partial charge < -0.3 is 10.1 Å². The van der Waals surface area contributed by atoms with Gasteiger partial charge in [0.15, 0.2) is 11.0 Å². The number of aliphatic hydroxyl groups excluding tert-OH is 1.